The number of nitrogens with one attached hydrogen (secondary N) is 1. The van der Waals surface area contributed by atoms with Crippen molar-refractivity contribution >= 4 is 31.9 Å². The van der Waals surface area contributed by atoms with E-state index in [0.29, 0.717) is 10.3 Å². The first-order valence-electron chi connectivity index (χ1n) is 5.96. The molecule has 100 valence electrons. The van der Waals surface area contributed by atoms with E-state index in [2.05, 4.69) is 41.8 Å². The van der Waals surface area contributed by atoms with E-state index >= 15 is 0 Å². The number of aryl methyl sites for hydroxylation is 1. The molecule has 0 bridgehead atoms. The molecule has 2 aromatic rings. The Morgan fingerprint density at radius 3 is 2.53 bits per heavy atom. The number of rotatable bonds is 2. The largest absolute Gasteiger partial charge is 0.306 e. The van der Waals surface area contributed by atoms with Crippen molar-refractivity contribution in [3.63, 3.8) is 0 Å². The number of hydrogen-bond acceptors (Lipinski definition) is 2. The van der Waals surface area contributed by atoms with Crippen molar-refractivity contribution in [2.75, 3.05) is 0 Å². The number of aromatic nitrogens is 2. The first kappa shape index (κ1) is 14.5. The number of benzene rings is 1. The average molecular weight is 386 g/mol. The van der Waals surface area contributed by atoms with Gasteiger partial charge in [0.2, 0.25) is 0 Å². The Bertz CT molecular complexity index is 678. The maximum atomic E-state index is 12.0. The lowest BCUT2D eigenvalue weighted by atomic mass is 10.1. The predicted molar refractivity (Wildman–Crippen MR) is 84.5 cm³/mol. The van der Waals surface area contributed by atoms with Crippen molar-refractivity contribution in [3.8, 4) is 11.4 Å². The van der Waals surface area contributed by atoms with Crippen LogP contribution in [0.5, 0.6) is 0 Å². The first-order chi connectivity index (χ1) is 8.90. The summed E-state index contributed by atoms with van der Waals surface area (Å²) in [6.07, 6.45) is 0. The molecular formula is C14H14Br2N2O. The predicted octanol–water partition coefficient (Wildman–Crippen LogP) is 4.39. The van der Waals surface area contributed by atoms with Gasteiger partial charge in [-0.15, -0.1) is 0 Å². The van der Waals surface area contributed by atoms with Crippen LogP contribution in [0.1, 0.15) is 31.0 Å². The lowest BCUT2D eigenvalue weighted by Crippen LogP contribution is -2.14. The molecule has 1 N–H and O–H groups in total. The molecule has 3 nitrogen and oxygen atoms in total. The Kier molecular flexibility index (Phi) is 4.26. The standard InChI is InChI=1S/C14H14Br2N2O/c1-7(2)12-11(16)14(19)18-13(17-12)9-5-4-8(3)6-10(9)15/h4-7H,1-3H3,(H,17,18,19). The molecular weight excluding hydrogens is 372 g/mol. The topological polar surface area (TPSA) is 45.8 Å². The highest BCUT2D eigenvalue weighted by atomic mass is 79.9. The fourth-order valence-corrected chi connectivity index (χ4v) is 3.13. The fourth-order valence-electron chi connectivity index (χ4n) is 1.80. The molecule has 0 aliphatic carbocycles. The summed E-state index contributed by atoms with van der Waals surface area (Å²) in [4.78, 5) is 19.3. The molecule has 0 saturated heterocycles. The van der Waals surface area contributed by atoms with Crippen LogP contribution in [0, 0.1) is 6.92 Å². The van der Waals surface area contributed by atoms with Crippen molar-refractivity contribution in [1.29, 1.82) is 0 Å². The summed E-state index contributed by atoms with van der Waals surface area (Å²) in [7, 11) is 0. The van der Waals surface area contributed by atoms with Crippen molar-refractivity contribution in [2.24, 2.45) is 0 Å². The Hall–Kier alpha value is -0.940. The number of aromatic amines is 1. The summed E-state index contributed by atoms with van der Waals surface area (Å²) >= 11 is 6.81. The molecule has 5 heteroatoms. The normalized spacial score (nSPS) is 11.1. The van der Waals surface area contributed by atoms with Crippen LogP contribution in [-0.2, 0) is 0 Å². The lowest BCUT2D eigenvalue weighted by Gasteiger charge is -2.10. The number of hydrogen-bond donors (Lipinski definition) is 1. The van der Waals surface area contributed by atoms with Crippen molar-refractivity contribution in [3.05, 3.63) is 48.8 Å². The quantitative estimate of drug-likeness (QED) is 0.832. The minimum absolute atomic E-state index is 0.152. The van der Waals surface area contributed by atoms with Crippen molar-refractivity contribution < 1.29 is 0 Å². The monoisotopic (exact) mass is 384 g/mol. The summed E-state index contributed by atoms with van der Waals surface area (Å²) in [6.45, 7) is 6.05. The second-order valence-electron chi connectivity index (χ2n) is 4.75. The third-order valence-corrected chi connectivity index (χ3v) is 4.24. The highest BCUT2D eigenvalue weighted by Gasteiger charge is 2.14. The zero-order valence-electron chi connectivity index (χ0n) is 10.9. The Morgan fingerprint density at radius 1 is 1.26 bits per heavy atom. The van der Waals surface area contributed by atoms with Crippen LogP contribution in [0.4, 0.5) is 0 Å². The maximum absolute atomic E-state index is 12.0. The minimum atomic E-state index is -0.152. The van der Waals surface area contributed by atoms with Gasteiger partial charge in [0.25, 0.3) is 5.56 Å². The number of nitrogens with zero attached hydrogens (tertiary/aromatic N) is 1. The van der Waals surface area contributed by atoms with Gasteiger partial charge in [0, 0.05) is 10.0 Å². The van der Waals surface area contributed by atoms with Gasteiger partial charge in [-0.05, 0) is 46.5 Å². The van der Waals surface area contributed by atoms with E-state index in [0.717, 1.165) is 21.3 Å². The van der Waals surface area contributed by atoms with Crippen LogP contribution in [-0.4, -0.2) is 9.97 Å². The Balaban J connectivity index is 2.66. The molecule has 0 radical (unpaired) electrons. The van der Waals surface area contributed by atoms with Crippen molar-refractivity contribution in [2.45, 2.75) is 26.7 Å². The van der Waals surface area contributed by atoms with Gasteiger partial charge in [0.05, 0.1) is 5.69 Å². The van der Waals surface area contributed by atoms with Crippen LogP contribution < -0.4 is 5.56 Å². The van der Waals surface area contributed by atoms with Gasteiger partial charge < -0.3 is 4.98 Å². The van der Waals surface area contributed by atoms with Crippen LogP contribution >= 0.6 is 31.9 Å². The fraction of sp³-hybridized carbons (Fsp3) is 0.286. The third kappa shape index (κ3) is 2.98. The average Bonchev–Trinajstić information content (AvgIpc) is 2.32. The summed E-state index contributed by atoms with van der Waals surface area (Å²) < 4.78 is 1.43. The molecule has 1 aromatic carbocycles. The zero-order valence-corrected chi connectivity index (χ0v) is 14.1. The maximum Gasteiger partial charge on any atom is 0.265 e. The molecule has 0 saturated carbocycles. The van der Waals surface area contributed by atoms with Gasteiger partial charge in [0.1, 0.15) is 10.3 Å². The van der Waals surface area contributed by atoms with Crippen molar-refractivity contribution in [1.82, 2.24) is 9.97 Å². The molecule has 0 unspecified atom stereocenters. The Labute approximate surface area is 128 Å². The van der Waals surface area contributed by atoms with Crippen LogP contribution in [0.15, 0.2) is 31.9 Å². The van der Waals surface area contributed by atoms with Gasteiger partial charge in [-0.25, -0.2) is 4.98 Å². The van der Waals surface area contributed by atoms with Gasteiger partial charge in [-0.1, -0.05) is 35.8 Å². The van der Waals surface area contributed by atoms with E-state index in [4.69, 9.17) is 0 Å². The second kappa shape index (κ2) is 5.59. The molecule has 0 amide bonds. The molecule has 1 heterocycles. The first-order valence-corrected chi connectivity index (χ1v) is 7.55. The van der Waals surface area contributed by atoms with E-state index in [1.807, 2.05) is 39.0 Å². The van der Waals surface area contributed by atoms with Gasteiger partial charge in [-0.2, -0.15) is 0 Å². The molecule has 1 aromatic heterocycles. The second-order valence-corrected chi connectivity index (χ2v) is 6.40. The molecule has 0 aliphatic heterocycles. The molecule has 0 atom stereocenters. The van der Waals surface area contributed by atoms with E-state index in [9.17, 15) is 4.79 Å². The molecule has 0 aliphatic rings. The van der Waals surface area contributed by atoms with Crippen LogP contribution in [0.2, 0.25) is 0 Å². The van der Waals surface area contributed by atoms with Gasteiger partial charge >= 0.3 is 0 Å². The summed E-state index contributed by atoms with van der Waals surface area (Å²) in [5.74, 6) is 0.767. The summed E-state index contributed by atoms with van der Waals surface area (Å²) in [6, 6.07) is 5.96. The molecule has 0 fully saturated rings. The summed E-state index contributed by atoms with van der Waals surface area (Å²) in [5, 5.41) is 0. The number of halogens is 2. The molecule has 2 rings (SSSR count). The smallest absolute Gasteiger partial charge is 0.265 e. The van der Waals surface area contributed by atoms with E-state index in [1.165, 1.54) is 0 Å². The van der Waals surface area contributed by atoms with Gasteiger partial charge in [-0.3, -0.25) is 4.79 Å². The minimum Gasteiger partial charge on any atom is -0.306 e. The van der Waals surface area contributed by atoms with Crippen LogP contribution in [0.25, 0.3) is 11.4 Å². The molecule has 19 heavy (non-hydrogen) atoms. The van der Waals surface area contributed by atoms with Crippen LogP contribution in [0.3, 0.4) is 0 Å². The van der Waals surface area contributed by atoms with Gasteiger partial charge in [0.15, 0.2) is 0 Å². The lowest BCUT2D eigenvalue weighted by molar-refractivity contribution is 0.803. The SMILES string of the molecule is Cc1ccc(-c2nc(C(C)C)c(Br)c(=O)[nH]2)c(Br)c1. The van der Waals surface area contributed by atoms with E-state index in [-0.39, 0.29) is 11.5 Å². The molecule has 0 spiro atoms. The highest BCUT2D eigenvalue weighted by Crippen LogP contribution is 2.28. The third-order valence-electron chi connectivity index (χ3n) is 2.82. The zero-order chi connectivity index (χ0) is 14.2. The number of H-pyrrole nitrogens is 1. The Morgan fingerprint density at radius 2 is 1.95 bits per heavy atom. The highest BCUT2D eigenvalue weighted by molar-refractivity contribution is 9.10. The van der Waals surface area contributed by atoms with E-state index < -0.39 is 0 Å². The summed E-state index contributed by atoms with van der Waals surface area (Å²) in [5.41, 5.74) is 2.66. The van der Waals surface area contributed by atoms with E-state index in [1.54, 1.807) is 0 Å².